The van der Waals surface area contributed by atoms with E-state index in [1.807, 2.05) is 49.9 Å². The van der Waals surface area contributed by atoms with Crippen LogP contribution in [0, 0.1) is 13.8 Å². The molecule has 1 atom stereocenters. The van der Waals surface area contributed by atoms with Crippen LogP contribution in [0.1, 0.15) is 35.8 Å². The molecule has 0 saturated carbocycles. The second kappa shape index (κ2) is 9.56. The number of anilines is 2. The maximum Gasteiger partial charge on any atom is 0.246 e. The van der Waals surface area contributed by atoms with E-state index in [9.17, 15) is 4.79 Å². The summed E-state index contributed by atoms with van der Waals surface area (Å²) in [5.74, 6) is 1.34. The number of aromatic nitrogens is 4. The van der Waals surface area contributed by atoms with Crippen LogP contribution in [0.4, 0.5) is 11.8 Å². The summed E-state index contributed by atoms with van der Waals surface area (Å²) in [6.45, 7) is 6.02. The van der Waals surface area contributed by atoms with Gasteiger partial charge in [0.05, 0.1) is 5.69 Å². The van der Waals surface area contributed by atoms with Gasteiger partial charge < -0.3 is 15.1 Å². The largest absolute Gasteiger partial charge is 0.338 e. The lowest BCUT2D eigenvalue weighted by Gasteiger charge is -2.32. The highest BCUT2D eigenvalue weighted by Gasteiger charge is 2.27. The fourth-order valence-corrected chi connectivity index (χ4v) is 3.50. The number of carbonyl (C=O) groups excluding carboxylic acids is 1. The molecule has 29 heavy (non-hydrogen) atoms. The zero-order chi connectivity index (χ0) is 20.8. The van der Waals surface area contributed by atoms with Crippen molar-refractivity contribution < 1.29 is 4.79 Å². The molecule has 1 aliphatic rings. The standard InChI is InChI=1S/C21H29N7O/c1-15-13-16(2)25-21(24-15)26-20-19(22-9-10-23-20)17-7-5-12-28(14-17)18(29)8-6-11-27(3)4/h6,8-10,13,17H,5,7,11-12,14H2,1-4H3,(H,23,24,25,26)/b8-6+/t17-/m1/s1. The van der Waals surface area contributed by atoms with Gasteiger partial charge in [-0.15, -0.1) is 0 Å². The van der Waals surface area contributed by atoms with Crippen LogP contribution in [0.5, 0.6) is 0 Å². The van der Waals surface area contributed by atoms with E-state index in [0.29, 0.717) is 18.3 Å². The molecule has 1 aliphatic heterocycles. The zero-order valence-electron chi connectivity index (χ0n) is 17.6. The van der Waals surface area contributed by atoms with Crippen LogP contribution >= 0.6 is 0 Å². The van der Waals surface area contributed by atoms with Gasteiger partial charge in [-0.1, -0.05) is 6.08 Å². The molecular weight excluding hydrogens is 366 g/mol. The Kier molecular flexibility index (Phi) is 6.87. The first-order valence-electron chi connectivity index (χ1n) is 9.92. The molecule has 0 spiro atoms. The highest BCUT2D eigenvalue weighted by atomic mass is 16.2. The van der Waals surface area contributed by atoms with E-state index in [0.717, 1.165) is 43.0 Å². The molecule has 0 bridgehead atoms. The topological polar surface area (TPSA) is 87.1 Å². The van der Waals surface area contributed by atoms with Gasteiger partial charge in [-0.2, -0.15) is 0 Å². The van der Waals surface area contributed by atoms with Crippen molar-refractivity contribution in [2.24, 2.45) is 0 Å². The number of piperidine rings is 1. The lowest BCUT2D eigenvalue weighted by molar-refractivity contribution is -0.127. The third-order valence-corrected chi connectivity index (χ3v) is 4.79. The van der Waals surface area contributed by atoms with Crippen LogP contribution in [0.15, 0.2) is 30.6 Å². The van der Waals surface area contributed by atoms with Gasteiger partial charge in [-0.05, 0) is 46.9 Å². The van der Waals surface area contributed by atoms with Gasteiger partial charge in [0, 0.05) is 55.4 Å². The number of likely N-dealkylation sites (N-methyl/N-ethyl adjacent to an activating group) is 1. The third-order valence-electron chi connectivity index (χ3n) is 4.79. The number of nitrogens with one attached hydrogen (secondary N) is 1. The van der Waals surface area contributed by atoms with Gasteiger partial charge >= 0.3 is 0 Å². The molecule has 0 aromatic carbocycles. The molecule has 1 N–H and O–H groups in total. The van der Waals surface area contributed by atoms with Gasteiger partial charge in [0.15, 0.2) is 5.82 Å². The highest BCUT2D eigenvalue weighted by molar-refractivity contribution is 5.87. The van der Waals surface area contributed by atoms with Crippen molar-refractivity contribution in [2.45, 2.75) is 32.6 Å². The average molecular weight is 396 g/mol. The fraction of sp³-hybridized carbons (Fsp3) is 0.476. The Morgan fingerprint density at radius 1 is 1.24 bits per heavy atom. The molecular formula is C21H29N7O. The Morgan fingerprint density at radius 2 is 1.97 bits per heavy atom. The van der Waals surface area contributed by atoms with Crippen molar-refractivity contribution in [3.8, 4) is 0 Å². The summed E-state index contributed by atoms with van der Waals surface area (Å²) in [4.78, 5) is 34.4. The Balaban J connectivity index is 1.75. The van der Waals surface area contributed by atoms with Gasteiger partial charge in [-0.25, -0.2) is 15.0 Å². The van der Waals surface area contributed by atoms with E-state index < -0.39 is 0 Å². The Hall–Kier alpha value is -2.87. The molecule has 0 unspecified atom stereocenters. The molecule has 1 fully saturated rings. The van der Waals surface area contributed by atoms with E-state index in [-0.39, 0.29) is 11.8 Å². The van der Waals surface area contributed by atoms with Crippen LogP contribution in [0.2, 0.25) is 0 Å². The molecule has 3 heterocycles. The van der Waals surface area contributed by atoms with Crippen LogP contribution in [0.3, 0.4) is 0 Å². The number of rotatable bonds is 6. The molecule has 1 saturated heterocycles. The third kappa shape index (κ3) is 5.80. The quantitative estimate of drug-likeness (QED) is 0.752. The first kappa shape index (κ1) is 20.9. The number of aryl methyl sites for hydroxylation is 2. The van der Waals surface area contributed by atoms with Crippen LogP contribution in [-0.2, 0) is 4.79 Å². The van der Waals surface area contributed by atoms with Crippen molar-refractivity contribution in [3.63, 3.8) is 0 Å². The average Bonchev–Trinajstić information content (AvgIpc) is 2.67. The normalized spacial score (nSPS) is 17.1. The number of nitrogens with zero attached hydrogens (tertiary/aromatic N) is 6. The summed E-state index contributed by atoms with van der Waals surface area (Å²) >= 11 is 0. The zero-order valence-corrected chi connectivity index (χ0v) is 17.6. The number of carbonyl (C=O) groups is 1. The van der Waals surface area contributed by atoms with Gasteiger partial charge in [0.2, 0.25) is 11.9 Å². The van der Waals surface area contributed by atoms with Crippen LogP contribution in [0.25, 0.3) is 0 Å². The van der Waals surface area contributed by atoms with E-state index in [4.69, 9.17) is 0 Å². The highest BCUT2D eigenvalue weighted by Crippen LogP contribution is 2.30. The SMILES string of the molecule is Cc1cc(C)nc(Nc2nccnc2[C@@H]2CCCN(C(=O)/C=C/CN(C)C)C2)n1. The minimum Gasteiger partial charge on any atom is -0.338 e. The lowest BCUT2D eigenvalue weighted by Crippen LogP contribution is -2.38. The minimum atomic E-state index is 0.0487. The van der Waals surface area contributed by atoms with E-state index in [2.05, 4.69) is 25.3 Å². The monoisotopic (exact) mass is 395 g/mol. The molecule has 2 aromatic rings. The van der Waals surface area contributed by atoms with Crippen molar-refractivity contribution >= 4 is 17.7 Å². The second-order valence-corrected chi connectivity index (χ2v) is 7.68. The molecule has 154 valence electrons. The van der Waals surface area contributed by atoms with Crippen molar-refractivity contribution in [3.05, 3.63) is 47.7 Å². The molecule has 8 heteroatoms. The van der Waals surface area contributed by atoms with Crippen LogP contribution in [-0.4, -0.2) is 69.4 Å². The van der Waals surface area contributed by atoms with Crippen LogP contribution < -0.4 is 5.32 Å². The number of likely N-dealkylation sites (tertiary alicyclic amines) is 1. The molecule has 3 rings (SSSR count). The van der Waals surface area contributed by atoms with Gasteiger partial charge in [0.25, 0.3) is 0 Å². The maximum absolute atomic E-state index is 12.6. The summed E-state index contributed by atoms with van der Waals surface area (Å²) in [5.41, 5.74) is 2.64. The number of hydrogen-bond donors (Lipinski definition) is 1. The predicted molar refractivity (Wildman–Crippen MR) is 113 cm³/mol. The summed E-state index contributed by atoms with van der Waals surface area (Å²) in [6.07, 6.45) is 8.82. The lowest BCUT2D eigenvalue weighted by atomic mass is 9.94. The summed E-state index contributed by atoms with van der Waals surface area (Å²) in [5, 5.41) is 3.22. The number of amides is 1. The maximum atomic E-state index is 12.6. The number of hydrogen-bond acceptors (Lipinski definition) is 7. The van der Waals surface area contributed by atoms with E-state index in [1.165, 1.54) is 0 Å². The molecule has 0 aliphatic carbocycles. The Labute approximate surface area is 172 Å². The van der Waals surface area contributed by atoms with Gasteiger partial charge in [0.1, 0.15) is 0 Å². The summed E-state index contributed by atoms with van der Waals surface area (Å²) in [7, 11) is 3.96. The van der Waals surface area contributed by atoms with Crippen molar-refractivity contribution in [1.82, 2.24) is 29.7 Å². The first-order valence-corrected chi connectivity index (χ1v) is 9.92. The molecule has 8 nitrogen and oxygen atoms in total. The van der Waals surface area contributed by atoms with Crippen molar-refractivity contribution in [2.75, 3.05) is 39.0 Å². The summed E-state index contributed by atoms with van der Waals surface area (Å²) in [6, 6.07) is 1.93. The van der Waals surface area contributed by atoms with E-state index >= 15 is 0 Å². The smallest absolute Gasteiger partial charge is 0.246 e. The fourth-order valence-electron chi connectivity index (χ4n) is 3.50. The summed E-state index contributed by atoms with van der Waals surface area (Å²) < 4.78 is 0. The Bertz CT molecular complexity index is 861. The van der Waals surface area contributed by atoms with Crippen molar-refractivity contribution in [1.29, 1.82) is 0 Å². The second-order valence-electron chi connectivity index (χ2n) is 7.68. The molecule has 2 aromatic heterocycles. The van der Waals surface area contributed by atoms with E-state index in [1.54, 1.807) is 18.5 Å². The van der Waals surface area contributed by atoms with Gasteiger partial charge in [-0.3, -0.25) is 9.78 Å². The predicted octanol–water partition coefficient (Wildman–Crippen LogP) is 2.45. The molecule has 0 radical (unpaired) electrons. The minimum absolute atomic E-state index is 0.0487. The first-order chi connectivity index (χ1) is 13.9. The Morgan fingerprint density at radius 3 is 2.69 bits per heavy atom. The molecule has 1 amide bonds.